The zero-order valence-electron chi connectivity index (χ0n) is 73.3. The van der Waals surface area contributed by atoms with Crippen LogP contribution in [-0.2, 0) is 0 Å². The smallest absolute Gasteiger partial charge is 0.195 e. The van der Waals surface area contributed by atoms with Crippen LogP contribution in [0.3, 0.4) is 0 Å². The molecule has 8 aromatic heterocycles. The molecule has 0 aliphatic carbocycles. The molecular formula is C88H99Br3Cl2N40. The van der Waals surface area contributed by atoms with E-state index in [-0.39, 0.29) is 0 Å². The predicted molar refractivity (Wildman–Crippen MR) is 551 cm³/mol. The van der Waals surface area contributed by atoms with Crippen molar-refractivity contribution in [2.45, 2.75) is 53.5 Å². The van der Waals surface area contributed by atoms with Gasteiger partial charge in [-0.2, -0.15) is 0 Å². The van der Waals surface area contributed by atoms with Crippen molar-refractivity contribution in [1.82, 2.24) is 122 Å². The van der Waals surface area contributed by atoms with Crippen LogP contribution in [0.2, 0.25) is 10.0 Å². The van der Waals surface area contributed by atoms with Crippen molar-refractivity contribution in [2.75, 3.05) is 147 Å². The number of rotatable bonds is 10. The molecule has 23 N–H and O–H groups in total. The van der Waals surface area contributed by atoms with E-state index in [2.05, 4.69) is 312 Å². The molecule has 40 nitrogen and oxygen atoms in total. The number of fused-ring (bicyclic) bond motifs is 8. The maximum absolute atomic E-state index is 6.23. The molecule has 45 heteroatoms. The summed E-state index contributed by atoms with van der Waals surface area (Å²) < 4.78 is 5.04. The van der Waals surface area contributed by atoms with Crippen molar-refractivity contribution >= 4 is 252 Å². The number of halogens is 5. The maximum Gasteiger partial charge on any atom is 0.195 e. The van der Waals surface area contributed by atoms with Gasteiger partial charge in [-0.15, -0.1) is 0 Å². The molecule has 0 atom stereocenters. The zero-order valence-corrected chi connectivity index (χ0v) is 79.6. The quantitative estimate of drug-likeness (QED) is 0.0604. The van der Waals surface area contributed by atoms with E-state index in [4.69, 9.17) is 23.2 Å². The molecule has 0 radical (unpaired) electrons. The highest BCUT2D eigenvalue weighted by Crippen LogP contribution is 2.36. The molecule has 0 amide bonds. The fourth-order valence-electron chi connectivity index (χ4n) is 14.7. The minimum Gasteiger partial charge on any atom is -0.354 e. The minimum absolute atomic E-state index is 0.386. The number of guanidine groups is 8. The summed E-state index contributed by atoms with van der Waals surface area (Å²) in [5, 5.41) is 52.4. The van der Waals surface area contributed by atoms with Gasteiger partial charge in [-0.3, -0.25) is 39.9 Å². The maximum atomic E-state index is 6.23. The van der Waals surface area contributed by atoms with Gasteiger partial charge in [0.1, 0.15) is 33.4 Å². The normalized spacial score (nSPS) is 14.9. The summed E-state index contributed by atoms with van der Waals surface area (Å²) in [5.41, 5.74) is 25.6. The number of nitrogens with one attached hydrogen (secondary N) is 23. The lowest BCUT2D eigenvalue weighted by Crippen LogP contribution is -2.26. The topological polar surface area (TPSA) is 510 Å². The number of hydrogen-bond acceptors (Lipinski definition) is 32. The van der Waals surface area contributed by atoms with Gasteiger partial charge in [0.25, 0.3) is 0 Å². The Balaban J connectivity index is 0.000000106. The minimum atomic E-state index is 0.386. The number of H-pyrrole nitrogens is 7. The van der Waals surface area contributed by atoms with Crippen molar-refractivity contribution < 1.29 is 0 Å². The Kier molecular flexibility index (Phi) is 29.1. The average molecular weight is 2030 g/mol. The number of aryl methyl sites for hydroxylation is 2. The zero-order chi connectivity index (χ0) is 91.7. The number of nitrogens with zero attached hydrogens (tertiary/aromatic N) is 17. The third-order valence-electron chi connectivity index (χ3n) is 21.4. The molecule has 8 aromatic carbocycles. The van der Waals surface area contributed by atoms with Gasteiger partial charge in [-0.1, -0.05) is 37.0 Å². The van der Waals surface area contributed by atoms with Gasteiger partial charge in [0, 0.05) is 92.6 Å². The molecule has 16 heterocycles. The molecular weight excluding hydrogens is 1930 g/mol. The molecule has 0 saturated heterocycles. The van der Waals surface area contributed by atoms with Crippen LogP contribution in [0.1, 0.15) is 56.6 Å². The van der Waals surface area contributed by atoms with Crippen molar-refractivity contribution in [2.24, 2.45) is 39.9 Å². The molecule has 0 unspecified atom stereocenters. The molecule has 8 aliphatic heterocycles. The summed E-state index contributed by atoms with van der Waals surface area (Å²) in [6.07, 6.45) is 12.0. The first-order valence-corrected chi connectivity index (χ1v) is 46.5. The predicted octanol–water partition coefficient (Wildman–Crippen LogP) is 13.9. The lowest BCUT2D eigenvalue weighted by Gasteiger charge is -2.11. The monoisotopic (exact) mass is 2020 g/mol. The van der Waals surface area contributed by atoms with Crippen LogP contribution in [0.15, 0.2) is 201 Å². The lowest BCUT2D eigenvalue weighted by molar-refractivity contribution is 0.617. The number of aliphatic imine (C=N–C) groups is 8. The molecule has 686 valence electrons. The Hall–Kier alpha value is -14.3. The number of aromatic nitrogens is 16. The van der Waals surface area contributed by atoms with Gasteiger partial charge in [0.05, 0.1) is 204 Å². The molecule has 0 spiro atoms. The first-order valence-electron chi connectivity index (χ1n) is 43.3. The van der Waals surface area contributed by atoms with Crippen molar-refractivity contribution in [3.05, 3.63) is 188 Å². The largest absolute Gasteiger partial charge is 0.354 e. The number of aromatic amines is 7. The van der Waals surface area contributed by atoms with Crippen LogP contribution in [0.25, 0.3) is 88.3 Å². The molecule has 24 rings (SSSR count). The van der Waals surface area contributed by atoms with E-state index in [9.17, 15) is 0 Å². The Bertz CT molecular complexity index is 6710. The molecule has 16 aromatic rings. The summed E-state index contributed by atoms with van der Waals surface area (Å²) in [6, 6.07) is 34.4. The first-order chi connectivity index (χ1) is 64.9. The summed E-state index contributed by atoms with van der Waals surface area (Å²) >= 11 is 23.1. The van der Waals surface area contributed by atoms with Gasteiger partial charge >= 0.3 is 0 Å². The Morgan fingerprint density at radius 2 is 0.707 bits per heavy atom. The van der Waals surface area contributed by atoms with E-state index in [0.717, 1.165) is 317 Å². The van der Waals surface area contributed by atoms with Crippen molar-refractivity contribution in [1.29, 1.82) is 0 Å². The van der Waals surface area contributed by atoms with Crippen molar-refractivity contribution in [3.8, 4) is 0 Å². The fourth-order valence-corrected chi connectivity index (χ4v) is 16.9. The summed E-state index contributed by atoms with van der Waals surface area (Å²) in [5.74, 6) is 7.93. The number of benzene rings is 8. The highest BCUT2D eigenvalue weighted by molar-refractivity contribution is 9.11. The van der Waals surface area contributed by atoms with E-state index in [1.54, 1.807) is 38.0 Å². The van der Waals surface area contributed by atoms with Gasteiger partial charge in [-0.05, 0) is 184 Å². The van der Waals surface area contributed by atoms with Crippen LogP contribution in [0, 0.1) is 13.8 Å². The van der Waals surface area contributed by atoms with E-state index >= 15 is 0 Å². The first kappa shape index (κ1) is 90.6. The second kappa shape index (κ2) is 42.7. The number of anilines is 8. The SMILES string of the molecule is Brc1c(NC2=NCCN2)ccc2[nH]cnc12.CC(C)c1nc2c(Br)c(NC3=NCCN3)ccc2[nH]1.CC(C)n1cnc2c(Br)c(NC3=NCCN3)ccc21.Cc1c(NC2=NCCN2)ccc2[nH]cnc12.Cc1cc(NC2=NCCN2)cc2[nH]cnc12.Clc1c(NC2=NCCN2)ccc2[nH]cnc12.Clc1cc(NC2=NCCN2)cc2[nH]cnc12.c1nc2ccc(NC3=NCCN3)cc2[nH]1. The van der Waals surface area contributed by atoms with Crippen LogP contribution in [0.4, 0.5) is 45.5 Å². The Morgan fingerprint density at radius 3 is 1.22 bits per heavy atom. The second-order valence-electron chi connectivity index (χ2n) is 31.4. The van der Waals surface area contributed by atoms with Gasteiger partial charge in [-0.25, -0.2) is 39.9 Å². The highest BCUT2D eigenvalue weighted by atomic mass is 79.9. The van der Waals surface area contributed by atoms with Crippen LogP contribution < -0.4 is 85.1 Å². The van der Waals surface area contributed by atoms with Crippen LogP contribution in [-0.4, -0.2) is 232 Å². The third kappa shape index (κ3) is 22.5. The Labute approximate surface area is 797 Å². The Morgan fingerprint density at radius 1 is 0.331 bits per heavy atom. The van der Waals surface area contributed by atoms with Gasteiger partial charge in [0.2, 0.25) is 0 Å². The van der Waals surface area contributed by atoms with E-state index in [1.165, 1.54) is 0 Å². The summed E-state index contributed by atoms with van der Waals surface area (Å²) in [4.78, 5) is 90.5. The number of imidazole rings is 8. The average Bonchev–Trinajstić information content (AvgIpc) is 1.63. The molecule has 0 fully saturated rings. The standard InChI is InChI=1S/2C13H16BrN5.2C11H13N5.C10H10BrN5.2C10H10ClN5.C10H11N5/c1-8(2)19-7-17-12-10(19)4-3-9(11(12)14)18-13-15-5-6-16-13;1-7(2)12-17-9-4-3-8(10(14)11(9)19-12)18-13-15-5-6-16-13;1-7-4-8(16-11-12-2-3-13-11)5-9-10(7)15-6-14-9;1-7-8(16-11-12-4-5-13-11)2-3-9-10(7)15-6-14-9;11-8-6(16-10-12-3-4-13-10)1-2-7-9(8)15-5-14-7;11-7-3-6(16-10-12-1-2-13-10)4-8-9(7)15-5-14-8;11-8-6(16-10-12-3-4-13-10)1-2-7-9(8)15-5-14-7;1-2-8-9(14-6-13-8)5-7(1)15-10-11-3-4-12-10/h3-4,7-8H,5-6H2,1-2H3,(H2,15,16,18);3-4,7H,5-6H2,1-2H3,(H,17,19)(H2,15,16,18);4-6H,2-3H2,1H3,(H,14,15)(H2,12,13,16);2-3,6H,4-5H2,1H3,(H,14,15)(H2,12,13,16);1-2,5H,3-4H2,(H,14,15)(H2,12,13,16);3-5H,1-2H2,(H,14,15)(H2,12,13,16);1-2,5H,3-4H2,(H,14,15)(H2,12,13,16);1-2,5-6H,3-4H2,(H,13,14)(H2,11,12,15). The molecule has 0 saturated carbocycles. The third-order valence-corrected chi connectivity index (χ3v) is 24.4. The second-order valence-corrected chi connectivity index (χ2v) is 34.5. The van der Waals surface area contributed by atoms with Gasteiger partial charge in [0.15, 0.2) is 47.7 Å². The van der Waals surface area contributed by atoms with Crippen LogP contribution >= 0.6 is 71.0 Å². The fraction of sp³-hybridized carbons (Fsp3) is 0.273. The van der Waals surface area contributed by atoms with E-state index in [1.807, 2.05) is 91.3 Å². The van der Waals surface area contributed by atoms with E-state index in [0.29, 0.717) is 22.0 Å². The summed E-state index contributed by atoms with van der Waals surface area (Å²) in [7, 11) is 0. The molecule has 133 heavy (non-hydrogen) atoms. The number of hydrogen-bond donors (Lipinski definition) is 23. The molecule has 8 aliphatic rings. The highest BCUT2D eigenvalue weighted by Gasteiger charge is 2.21. The lowest BCUT2D eigenvalue weighted by atomic mass is 10.1. The molecule has 0 bridgehead atoms. The van der Waals surface area contributed by atoms with Crippen molar-refractivity contribution in [3.63, 3.8) is 0 Å². The summed E-state index contributed by atoms with van der Waals surface area (Å²) in [6.45, 7) is 26.4. The van der Waals surface area contributed by atoms with Gasteiger partial charge < -0.3 is 125 Å². The van der Waals surface area contributed by atoms with Crippen LogP contribution in [0.5, 0.6) is 0 Å². The van der Waals surface area contributed by atoms with E-state index < -0.39 is 0 Å².